The molecule has 0 atom stereocenters. The first-order valence-corrected chi connectivity index (χ1v) is 19.9. The van der Waals surface area contributed by atoms with Crippen LogP contribution in [0.1, 0.15) is 0 Å². The highest BCUT2D eigenvalue weighted by Crippen LogP contribution is 2.45. The number of benzene rings is 10. The van der Waals surface area contributed by atoms with Gasteiger partial charge in [0.1, 0.15) is 0 Å². The van der Waals surface area contributed by atoms with Gasteiger partial charge in [-0.25, -0.2) is 0 Å². The zero-order valence-electron chi connectivity index (χ0n) is 31.8. The normalized spacial score (nSPS) is 11.4. The van der Waals surface area contributed by atoms with Gasteiger partial charge in [-0.1, -0.05) is 170 Å². The van der Waals surface area contributed by atoms with Crippen LogP contribution in [0.4, 0.5) is 17.1 Å². The minimum atomic E-state index is 1.09. The van der Waals surface area contributed by atoms with E-state index in [-0.39, 0.29) is 0 Å². The van der Waals surface area contributed by atoms with E-state index in [9.17, 15) is 0 Å². The maximum Gasteiger partial charge on any atom is 0.0547 e. The van der Waals surface area contributed by atoms with Crippen LogP contribution in [0.15, 0.2) is 231 Å². The van der Waals surface area contributed by atoms with Crippen LogP contribution in [0.5, 0.6) is 0 Å². The molecule has 0 unspecified atom stereocenters. The largest absolute Gasteiger partial charge is 0.310 e. The molecule has 0 fully saturated rings. The Morgan fingerprint density at radius 2 is 0.810 bits per heavy atom. The van der Waals surface area contributed by atoms with Crippen molar-refractivity contribution in [3.63, 3.8) is 0 Å². The van der Waals surface area contributed by atoms with Gasteiger partial charge in [0.2, 0.25) is 0 Å². The summed E-state index contributed by atoms with van der Waals surface area (Å²) >= 11 is 0. The Morgan fingerprint density at radius 1 is 0.293 bits per heavy atom. The molecular formula is C56H38N2. The third-order valence-electron chi connectivity index (χ3n) is 11.6. The van der Waals surface area contributed by atoms with E-state index in [2.05, 4.69) is 240 Å². The average Bonchev–Trinajstić information content (AvgIpc) is 3.65. The molecule has 0 bridgehead atoms. The molecule has 0 spiro atoms. The summed E-state index contributed by atoms with van der Waals surface area (Å²) in [4.78, 5) is 2.40. The number of rotatable bonds is 7. The van der Waals surface area contributed by atoms with Crippen LogP contribution in [-0.2, 0) is 0 Å². The Balaban J connectivity index is 1.13. The van der Waals surface area contributed by atoms with Crippen LogP contribution in [0.25, 0.3) is 82.4 Å². The molecule has 0 aliphatic heterocycles. The zero-order valence-corrected chi connectivity index (χ0v) is 31.8. The van der Waals surface area contributed by atoms with Crippen molar-refractivity contribution >= 4 is 60.4 Å². The van der Waals surface area contributed by atoms with E-state index in [4.69, 9.17) is 0 Å². The summed E-state index contributed by atoms with van der Waals surface area (Å²) in [6, 6.07) is 83.7. The van der Waals surface area contributed by atoms with Gasteiger partial charge in [0.25, 0.3) is 0 Å². The number of hydrogen-bond acceptors (Lipinski definition) is 1. The van der Waals surface area contributed by atoms with Crippen molar-refractivity contribution in [2.75, 3.05) is 4.90 Å². The Labute approximate surface area is 338 Å². The quantitative estimate of drug-likeness (QED) is 0.148. The summed E-state index contributed by atoms with van der Waals surface area (Å²) in [7, 11) is 0. The summed E-state index contributed by atoms with van der Waals surface area (Å²) in [5.74, 6) is 0. The number of anilines is 3. The third-order valence-corrected chi connectivity index (χ3v) is 11.6. The van der Waals surface area contributed by atoms with E-state index in [1.807, 2.05) is 0 Å². The van der Waals surface area contributed by atoms with Gasteiger partial charge in [-0.2, -0.15) is 0 Å². The minimum Gasteiger partial charge on any atom is -0.310 e. The van der Waals surface area contributed by atoms with Crippen molar-refractivity contribution in [3.05, 3.63) is 231 Å². The molecule has 0 aliphatic rings. The lowest BCUT2D eigenvalue weighted by Crippen LogP contribution is -2.10. The second-order valence-electron chi connectivity index (χ2n) is 14.9. The maximum atomic E-state index is 2.42. The zero-order chi connectivity index (χ0) is 38.4. The van der Waals surface area contributed by atoms with Crippen molar-refractivity contribution in [2.24, 2.45) is 0 Å². The second kappa shape index (κ2) is 14.1. The molecule has 0 N–H and O–H groups in total. The fraction of sp³-hybridized carbons (Fsp3) is 0. The van der Waals surface area contributed by atoms with Crippen LogP contribution < -0.4 is 4.90 Å². The lowest BCUT2D eigenvalue weighted by atomic mass is 9.94. The maximum absolute atomic E-state index is 2.42. The van der Waals surface area contributed by atoms with Crippen LogP contribution in [0, 0.1) is 0 Å². The summed E-state index contributed by atoms with van der Waals surface area (Å²) in [5, 5.41) is 7.49. The first-order valence-electron chi connectivity index (χ1n) is 19.9. The van der Waals surface area contributed by atoms with Crippen molar-refractivity contribution in [1.82, 2.24) is 4.57 Å². The lowest BCUT2D eigenvalue weighted by molar-refractivity contribution is 1.18. The Kier molecular flexibility index (Phi) is 8.19. The van der Waals surface area contributed by atoms with E-state index in [1.165, 1.54) is 71.2 Å². The summed E-state index contributed by atoms with van der Waals surface area (Å²) in [6.07, 6.45) is 0. The molecule has 0 saturated carbocycles. The number of fused-ring (bicyclic) bond motifs is 6. The molecule has 58 heavy (non-hydrogen) atoms. The molecule has 11 aromatic rings. The molecule has 0 aliphatic carbocycles. The third kappa shape index (κ3) is 5.74. The fourth-order valence-electron chi connectivity index (χ4n) is 8.90. The van der Waals surface area contributed by atoms with Crippen LogP contribution in [0.3, 0.4) is 0 Å². The van der Waals surface area contributed by atoms with Gasteiger partial charge < -0.3 is 9.47 Å². The highest BCUT2D eigenvalue weighted by molar-refractivity contribution is 6.21. The SMILES string of the molecule is c1ccc(-c2ccc(N(c3cccc(-c4cccc5c4c4c(-c6ccccc6)cccc4n5-c4ccccc4)c3)c3ccc4c(ccc5ccccc54)c3)cc2)cc1. The molecular weight excluding hydrogens is 701 g/mol. The van der Waals surface area contributed by atoms with Crippen LogP contribution >= 0.6 is 0 Å². The first kappa shape index (κ1) is 33.6. The molecule has 2 heteroatoms. The average molecular weight is 739 g/mol. The van der Waals surface area contributed by atoms with Gasteiger partial charge in [0, 0.05) is 33.5 Å². The summed E-state index contributed by atoms with van der Waals surface area (Å²) in [5.41, 5.74) is 14.0. The number of aromatic nitrogens is 1. The molecule has 1 heterocycles. The van der Waals surface area contributed by atoms with Crippen LogP contribution in [0.2, 0.25) is 0 Å². The van der Waals surface area contributed by atoms with Crippen LogP contribution in [-0.4, -0.2) is 4.57 Å². The van der Waals surface area contributed by atoms with Gasteiger partial charge in [0.05, 0.1) is 11.0 Å². The molecule has 0 amide bonds. The monoisotopic (exact) mass is 738 g/mol. The standard InChI is InChI=1S/C56H38N2/c1-4-15-39(16-5-1)40-31-33-46(34-32-40)57(48-35-36-50-44(38-48)30-29-42-19-10-11-24-49(42)50)47-23-12-20-43(37-47)52-26-14-28-54-56(52)55-51(41-17-6-2-7-18-41)25-13-27-53(55)58(54)45-21-8-3-9-22-45/h1-38H. The lowest BCUT2D eigenvalue weighted by Gasteiger charge is -2.27. The highest BCUT2D eigenvalue weighted by atomic mass is 15.1. The van der Waals surface area contributed by atoms with Gasteiger partial charge in [-0.05, 0) is 116 Å². The topological polar surface area (TPSA) is 8.17 Å². The first-order chi connectivity index (χ1) is 28.8. The Morgan fingerprint density at radius 3 is 1.53 bits per heavy atom. The van der Waals surface area contributed by atoms with Crippen molar-refractivity contribution in [1.29, 1.82) is 0 Å². The van der Waals surface area contributed by atoms with Gasteiger partial charge in [-0.15, -0.1) is 0 Å². The van der Waals surface area contributed by atoms with E-state index >= 15 is 0 Å². The molecule has 2 nitrogen and oxygen atoms in total. The molecule has 10 aromatic carbocycles. The smallest absolute Gasteiger partial charge is 0.0547 e. The van der Waals surface area contributed by atoms with E-state index in [0.29, 0.717) is 0 Å². The number of para-hydroxylation sites is 1. The minimum absolute atomic E-state index is 1.09. The highest BCUT2D eigenvalue weighted by Gasteiger charge is 2.21. The van der Waals surface area contributed by atoms with Gasteiger partial charge in [0.15, 0.2) is 0 Å². The Hall–Kier alpha value is -7.68. The predicted octanol–water partition coefficient (Wildman–Crippen LogP) is 15.6. The predicted molar refractivity (Wildman–Crippen MR) is 247 cm³/mol. The molecule has 0 saturated heterocycles. The Bertz CT molecular complexity index is 3250. The van der Waals surface area contributed by atoms with Gasteiger partial charge in [-0.3, -0.25) is 0 Å². The molecule has 11 rings (SSSR count). The summed E-state index contributed by atoms with van der Waals surface area (Å²) < 4.78 is 2.42. The van der Waals surface area contributed by atoms with Crippen molar-refractivity contribution in [2.45, 2.75) is 0 Å². The summed E-state index contributed by atoms with van der Waals surface area (Å²) in [6.45, 7) is 0. The molecule has 1 aromatic heterocycles. The second-order valence-corrected chi connectivity index (χ2v) is 14.9. The fourth-order valence-corrected chi connectivity index (χ4v) is 8.90. The van der Waals surface area contributed by atoms with E-state index in [1.54, 1.807) is 0 Å². The van der Waals surface area contributed by atoms with E-state index in [0.717, 1.165) is 28.3 Å². The van der Waals surface area contributed by atoms with Crippen molar-refractivity contribution < 1.29 is 0 Å². The van der Waals surface area contributed by atoms with E-state index < -0.39 is 0 Å². The van der Waals surface area contributed by atoms with Gasteiger partial charge >= 0.3 is 0 Å². The number of hydrogen-bond donors (Lipinski definition) is 0. The number of nitrogens with zero attached hydrogens (tertiary/aromatic N) is 2. The van der Waals surface area contributed by atoms with Crippen molar-refractivity contribution in [3.8, 4) is 39.1 Å². The molecule has 0 radical (unpaired) electrons. The molecule has 272 valence electrons.